The highest BCUT2D eigenvalue weighted by Gasteiger charge is 2.70. The molecule has 2 aliphatic heterocycles. The summed E-state index contributed by atoms with van der Waals surface area (Å²) in [5, 5.41) is 83.5. The van der Waals surface area contributed by atoms with E-state index in [9.17, 15) is 55.2 Å². The maximum atomic E-state index is 13.1. The van der Waals surface area contributed by atoms with E-state index in [1.807, 2.05) is 0 Å². The second kappa shape index (κ2) is 14.2. The maximum Gasteiger partial charge on any atom is 0.335 e. The lowest BCUT2D eigenvalue weighted by Gasteiger charge is -2.71. The van der Waals surface area contributed by atoms with Crippen LogP contribution in [0, 0.1) is 50.2 Å². The second-order valence-corrected chi connectivity index (χ2v) is 20.7. The van der Waals surface area contributed by atoms with E-state index in [1.165, 1.54) is 5.57 Å². The van der Waals surface area contributed by atoms with Gasteiger partial charge in [0.2, 0.25) is 0 Å². The molecule has 57 heavy (non-hydrogen) atoms. The van der Waals surface area contributed by atoms with E-state index in [0.717, 1.165) is 44.9 Å². The normalized spacial score (nSPS) is 51.5. The Morgan fingerprint density at radius 2 is 1.26 bits per heavy atom. The zero-order valence-electron chi connectivity index (χ0n) is 34.2. The van der Waals surface area contributed by atoms with Gasteiger partial charge in [-0.15, -0.1) is 0 Å². The zero-order valence-corrected chi connectivity index (χ0v) is 34.2. The zero-order chi connectivity index (χ0) is 42.0. The predicted molar refractivity (Wildman–Crippen MR) is 199 cm³/mol. The summed E-state index contributed by atoms with van der Waals surface area (Å²) in [5.41, 5.74) is -0.276. The van der Waals surface area contributed by atoms with Gasteiger partial charge in [-0.3, -0.25) is 4.79 Å². The topological polar surface area (TPSA) is 250 Å². The van der Waals surface area contributed by atoms with Gasteiger partial charge in [0, 0.05) is 0 Å². The molecule has 7 rings (SSSR count). The minimum absolute atomic E-state index is 0.000922. The molecular formula is C42H64O15. The third-order valence-electron chi connectivity index (χ3n) is 17.2. The van der Waals surface area contributed by atoms with Crippen LogP contribution in [0.3, 0.4) is 0 Å². The fourth-order valence-corrected chi connectivity index (χ4v) is 13.6. The minimum Gasteiger partial charge on any atom is -0.481 e. The SMILES string of the molecule is CC1(C)CC[C@]2(C(=O)O)CC[C@]3(C)C(=CC[C@@H]4[C@@]5(C)CC[C@H](O[C@@H]6O[C@H](C(=O)O)[C@@H](O)[C@H](O)[C@H]6O[C@@H]6O[C@H](C(=O)O)[C@@H](O)[C@H](O)[C@H]6O)C(C)(C)[C@@H]5CC[C@]43C)[C@@H]2C1. The van der Waals surface area contributed by atoms with E-state index in [0.29, 0.717) is 19.3 Å². The number of aliphatic hydroxyl groups excluding tert-OH is 5. The molecule has 15 nitrogen and oxygen atoms in total. The molecule has 0 radical (unpaired) electrons. The van der Waals surface area contributed by atoms with Gasteiger partial charge in [-0.1, -0.05) is 60.1 Å². The first-order chi connectivity index (χ1) is 26.4. The van der Waals surface area contributed by atoms with Crippen LogP contribution in [0.5, 0.6) is 0 Å². The molecule has 2 saturated heterocycles. The number of fused-ring (bicyclic) bond motifs is 7. The first kappa shape index (κ1) is 42.9. The third kappa shape index (κ3) is 6.35. The number of ether oxygens (including phenoxy) is 4. The Balaban J connectivity index is 1.16. The monoisotopic (exact) mass is 808 g/mol. The van der Waals surface area contributed by atoms with Gasteiger partial charge in [-0.25, -0.2) is 9.59 Å². The number of aliphatic hydroxyl groups is 5. The van der Waals surface area contributed by atoms with Gasteiger partial charge in [0.05, 0.1) is 11.5 Å². The first-order valence-corrected chi connectivity index (χ1v) is 20.8. The fourth-order valence-electron chi connectivity index (χ4n) is 13.6. The summed E-state index contributed by atoms with van der Waals surface area (Å²) in [6.07, 6.45) is -9.44. The summed E-state index contributed by atoms with van der Waals surface area (Å²) >= 11 is 0. The molecular weight excluding hydrogens is 744 g/mol. The Morgan fingerprint density at radius 3 is 1.88 bits per heavy atom. The average Bonchev–Trinajstić information content (AvgIpc) is 3.11. The standard InChI is InChI=1S/C42H64O15/c1-37(2)14-16-42(36(52)53)17-15-40(6)19(20(42)18-37)8-9-22-39(5)12-11-23(38(3,4)21(39)10-13-41(22,40)7)54-35-31(27(46)26(45)30(56-35)33(50)51)57-34-28(47)24(43)25(44)29(55-34)32(48)49/h8,20-31,34-35,43-47H,9-18H2,1-7H3,(H,48,49)(H,50,51)(H,52,53)/t20-,21-,22+,23-,24-,25-,26-,27-,28+,29-,30-,31+,34-,35+,39-,40+,41+,42-/m0/s1. The van der Waals surface area contributed by atoms with Crippen LogP contribution < -0.4 is 0 Å². The van der Waals surface area contributed by atoms with Crippen LogP contribution >= 0.6 is 0 Å². The van der Waals surface area contributed by atoms with E-state index < -0.39 is 96.3 Å². The van der Waals surface area contributed by atoms with Gasteiger partial charge >= 0.3 is 17.9 Å². The van der Waals surface area contributed by atoms with Crippen LogP contribution in [0.2, 0.25) is 0 Å². The van der Waals surface area contributed by atoms with Crippen molar-refractivity contribution in [2.24, 2.45) is 50.2 Å². The largest absolute Gasteiger partial charge is 0.481 e. The Morgan fingerprint density at radius 1 is 0.667 bits per heavy atom. The van der Waals surface area contributed by atoms with Gasteiger partial charge in [0.15, 0.2) is 24.8 Å². The second-order valence-electron chi connectivity index (χ2n) is 20.7. The molecule has 8 N–H and O–H groups in total. The molecule has 6 fully saturated rings. The molecule has 0 aromatic rings. The molecule has 4 saturated carbocycles. The van der Waals surface area contributed by atoms with Crippen LogP contribution in [-0.2, 0) is 33.3 Å². The number of rotatable bonds is 7. The molecule has 0 aromatic carbocycles. The van der Waals surface area contributed by atoms with Crippen molar-refractivity contribution in [3.8, 4) is 0 Å². The fraction of sp³-hybridized carbons (Fsp3) is 0.881. The van der Waals surface area contributed by atoms with Crippen molar-refractivity contribution < 1.29 is 74.2 Å². The van der Waals surface area contributed by atoms with Crippen LogP contribution in [0.15, 0.2) is 11.6 Å². The minimum atomic E-state index is -2.01. The van der Waals surface area contributed by atoms with Crippen molar-refractivity contribution in [2.45, 2.75) is 180 Å². The molecule has 0 spiro atoms. The Kier molecular flexibility index (Phi) is 10.7. The summed E-state index contributed by atoms with van der Waals surface area (Å²) < 4.78 is 23.5. The molecule has 2 heterocycles. The summed E-state index contributed by atoms with van der Waals surface area (Å²) in [6, 6.07) is 0. The van der Waals surface area contributed by atoms with Crippen molar-refractivity contribution in [3.05, 3.63) is 11.6 Å². The number of carbonyl (C=O) groups is 3. The quantitative estimate of drug-likeness (QED) is 0.136. The summed E-state index contributed by atoms with van der Waals surface area (Å²) in [6.45, 7) is 16.0. The van der Waals surface area contributed by atoms with Gasteiger partial charge in [0.1, 0.15) is 36.6 Å². The van der Waals surface area contributed by atoms with E-state index >= 15 is 0 Å². The number of aliphatic carboxylic acids is 3. The van der Waals surface area contributed by atoms with Crippen molar-refractivity contribution in [1.82, 2.24) is 0 Å². The predicted octanol–water partition coefficient (Wildman–Crippen LogP) is 3.07. The van der Waals surface area contributed by atoms with E-state index in [4.69, 9.17) is 18.9 Å². The highest BCUT2D eigenvalue weighted by Crippen LogP contribution is 2.76. The Bertz CT molecular complexity index is 1650. The lowest BCUT2D eigenvalue weighted by molar-refractivity contribution is -0.371. The maximum absolute atomic E-state index is 13.1. The first-order valence-electron chi connectivity index (χ1n) is 20.8. The molecule has 0 amide bonds. The van der Waals surface area contributed by atoms with Gasteiger partial charge in [-0.05, 0) is 109 Å². The molecule has 0 aromatic heterocycles. The highest BCUT2D eigenvalue weighted by molar-refractivity contribution is 5.77. The van der Waals surface area contributed by atoms with Gasteiger partial charge < -0.3 is 59.8 Å². The van der Waals surface area contributed by atoms with Crippen LogP contribution in [0.1, 0.15) is 113 Å². The van der Waals surface area contributed by atoms with Gasteiger partial charge in [0.25, 0.3) is 0 Å². The molecule has 322 valence electrons. The van der Waals surface area contributed by atoms with E-state index in [1.54, 1.807) is 0 Å². The number of carboxylic acid groups (broad SMARTS) is 3. The molecule has 15 heteroatoms. The highest BCUT2D eigenvalue weighted by atomic mass is 16.8. The number of allylic oxidation sites excluding steroid dienone is 2. The van der Waals surface area contributed by atoms with Gasteiger partial charge in [-0.2, -0.15) is 0 Å². The lowest BCUT2D eigenvalue weighted by atomic mass is 9.33. The summed E-state index contributed by atoms with van der Waals surface area (Å²) in [7, 11) is 0. The Hall–Kier alpha value is -2.21. The van der Waals surface area contributed by atoms with Crippen molar-refractivity contribution in [3.63, 3.8) is 0 Å². The van der Waals surface area contributed by atoms with Crippen molar-refractivity contribution >= 4 is 17.9 Å². The van der Waals surface area contributed by atoms with E-state index in [2.05, 4.69) is 54.5 Å². The molecule has 0 unspecified atom stereocenters. The van der Waals surface area contributed by atoms with Crippen molar-refractivity contribution in [1.29, 1.82) is 0 Å². The summed E-state index contributed by atoms with van der Waals surface area (Å²) in [4.78, 5) is 37.0. The average molecular weight is 809 g/mol. The number of hydrogen-bond acceptors (Lipinski definition) is 12. The Labute approximate surface area is 333 Å². The smallest absolute Gasteiger partial charge is 0.335 e. The summed E-state index contributed by atoms with van der Waals surface area (Å²) in [5.74, 6) is -3.46. The molecule has 7 aliphatic rings. The number of hydrogen-bond donors (Lipinski definition) is 8. The molecule has 0 bridgehead atoms. The molecule has 5 aliphatic carbocycles. The molecule has 18 atom stereocenters. The van der Waals surface area contributed by atoms with Crippen LogP contribution in [-0.4, -0.2) is 126 Å². The number of carboxylic acids is 3. The van der Waals surface area contributed by atoms with E-state index in [-0.39, 0.29) is 39.4 Å². The van der Waals surface area contributed by atoms with Crippen LogP contribution in [0.4, 0.5) is 0 Å². The van der Waals surface area contributed by atoms with Crippen LogP contribution in [0.25, 0.3) is 0 Å². The third-order valence-corrected chi connectivity index (χ3v) is 17.2. The van der Waals surface area contributed by atoms with Crippen molar-refractivity contribution in [2.75, 3.05) is 0 Å². The lowest BCUT2D eigenvalue weighted by Crippen LogP contribution is -2.67.